The van der Waals surface area contributed by atoms with E-state index in [1.54, 1.807) is 0 Å². The number of rotatable bonds is 34. The average Bonchev–Trinajstić information content (AvgIpc) is 0.950. The fourth-order valence-electron chi connectivity index (χ4n) is 12.5. The van der Waals surface area contributed by atoms with Crippen molar-refractivity contribution in [2.75, 3.05) is 19.8 Å². The molecule has 7 aromatic carbocycles. The fourth-order valence-corrected chi connectivity index (χ4v) is 12.5. The normalized spacial score (nSPS) is 27.9. The first kappa shape index (κ1) is 67.8. The predicted octanol–water partition coefficient (Wildman–Crippen LogP) is 11.8. The van der Waals surface area contributed by atoms with Gasteiger partial charge in [-0.2, -0.15) is 0 Å². The quantitative estimate of drug-likeness (QED) is 0.0322. The lowest BCUT2D eigenvalue weighted by atomic mass is 9.90. The summed E-state index contributed by atoms with van der Waals surface area (Å²) in [5.74, 6) is -0.793. The molecule has 0 aromatic heterocycles. The molecule has 16 atom stereocenters. The van der Waals surface area contributed by atoms with Gasteiger partial charge in [0.25, 0.3) is 0 Å². The smallest absolute Gasteiger partial charge is 0.303 e. The highest BCUT2D eigenvalue weighted by atomic mass is 16.8. The minimum Gasteiger partial charge on any atom is -0.481 e. The lowest BCUT2D eigenvalue weighted by Gasteiger charge is -2.52. The van der Waals surface area contributed by atoms with E-state index in [1.807, 2.05) is 212 Å². The minimum atomic E-state index is -1.61. The van der Waals surface area contributed by atoms with E-state index in [1.165, 1.54) is 0 Å². The standard InChI is InChI=1S/C76H88O17/c77-64(78)43-27-4-2-1-3-26-42-60-69(73(86-49-58-38-22-10-23-39-58)68(84-47-56-34-18-8-19-35-56)61(88-60)50-81-44-53-28-12-5-13-29-53)92-76-66(80)72(70-63(90-76)52-87-74(91-70)59-40-24-11-25-41-59)93-75-65(79)71(85-48-57-36-20-9-21-37-57)67(83-46-55-32-16-7-17-33-55)62(89-75)51-82-45-54-30-14-6-15-31-54/h5-25,28-41,60-63,65-76,79-80H,1-4,26-27,42-52H2,(H,77,78)/t60-,61-,62-,63-,65+,66+,67-,68-,69-,70-,71-,72-,73+,74?,75-,76-/m1/s1. The second-order valence-electron chi connectivity index (χ2n) is 24.3. The van der Waals surface area contributed by atoms with Crippen LogP contribution in [0.25, 0.3) is 0 Å². The van der Waals surface area contributed by atoms with Crippen molar-refractivity contribution in [1.82, 2.24) is 0 Å². The van der Waals surface area contributed by atoms with Crippen LogP contribution in [0.2, 0.25) is 0 Å². The zero-order valence-corrected chi connectivity index (χ0v) is 52.5. The summed E-state index contributed by atoms with van der Waals surface area (Å²) < 4.78 is 89.6. The van der Waals surface area contributed by atoms with Crippen molar-refractivity contribution in [3.05, 3.63) is 251 Å². The Kier molecular flexibility index (Phi) is 26.1. The number of aliphatic hydroxyl groups excluding tert-OH is 2. The SMILES string of the molecule is O=C(O)CCCCCCCC[C@H]1O[C@H](COCc2ccccc2)[C@@H](OCc2ccccc2)[C@H](OCc2ccccc2)[C@@H]1O[C@H]1O[C@@H]2COC(c3ccccc3)O[C@H]2[C@H](O[C@H]2O[C@H](COCc3ccccc3)[C@@H](OCc3ccccc3)[C@H](OCc3ccccc3)[C@@H]2O)[C@@H]1O. The highest BCUT2D eigenvalue weighted by Crippen LogP contribution is 2.41. The van der Waals surface area contributed by atoms with E-state index in [4.69, 9.17) is 61.6 Å². The van der Waals surface area contributed by atoms with Gasteiger partial charge in [-0.3, -0.25) is 4.79 Å². The van der Waals surface area contributed by atoms with Crippen molar-refractivity contribution in [2.45, 2.75) is 189 Å². The van der Waals surface area contributed by atoms with Gasteiger partial charge in [0.1, 0.15) is 73.2 Å². The Hall–Kier alpha value is -6.59. The molecule has 7 aromatic rings. The number of unbranched alkanes of at least 4 members (excludes halogenated alkanes) is 5. The Balaban J connectivity index is 0.929. The van der Waals surface area contributed by atoms with Crippen molar-refractivity contribution >= 4 is 5.97 Å². The maximum atomic E-state index is 13.3. The molecule has 0 aliphatic carbocycles. The Morgan fingerprint density at radius 2 is 0.774 bits per heavy atom. The summed E-state index contributed by atoms with van der Waals surface area (Å²) in [6.07, 6.45) is -11.4. The monoisotopic (exact) mass is 1270 g/mol. The third-order valence-corrected chi connectivity index (χ3v) is 17.4. The van der Waals surface area contributed by atoms with Gasteiger partial charge in [0.2, 0.25) is 0 Å². The predicted molar refractivity (Wildman–Crippen MR) is 345 cm³/mol. The van der Waals surface area contributed by atoms with Crippen LogP contribution in [0, 0.1) is 0 Å². The molecule has 4 fully saturated rings. The van der Waals surface area contributed by atoms with Crippen LogP contribution < -0.4 is 0 Å². The molecule has 0 saturated carbocycles. The van der Waals surface area contributed by atoms with Gasteiger partial charge < -0.3 is 76.9 Å². The van der Waals surface area contributed by atoms with Crippen molar-refractivity contribution < 1.29 is 81.7 Å². The van der Waals surface area contributed by atoms with E-state index in [-0.39, 0.29) is 59.3 Å². The summed E-state index contributed by atoms with van der Waals surface area (Å²) in [6.45, 7) is 1.48. The molecular formula is C76H88O17. The van der Waals surface area contributed by atoms with Crippen LogP contribution in [0.1, 0.15) is 96.6 Å². The molecule has 17 heteroatoms. The third kappa shape index (κ3) is 19.8. The number of benzene rings is 7. The molecule has 4 saturated heterocycles. The van der Waals surface area contributed by atoms with Gasteiger partial charge in [0, 0.05) is 12.0 Å². The largest absolute Gasteiger partial charge is 0.481 e. The van der Waals surface area contributed by atoms with Crippen molar-refractivity contribution in [1.29, 1.82) is 0 Å². The highest BCUT2D eigenvalue weighted by Gasteiger charge is 2.57. The van der Waals surface area contributed by atoms with Gasteiger partial charge in [0.15, 0.2) is 18.9 Å². The summed E-state index contributed by atoms with van der Waals surface area (Å²) in [4.78, 5) is 11.3. The number of hydrogen-bond acceptors (Lipinski definition) is 16. The molecule has 0 bridgehead atoms. The van der Waals surface area contributed by atoms with Crippen molar-refractivity contribution in [3.8, 4) is 0 Å². The summed E-state index contributed by atoms with van der Waals surface area (Å²) >= 11 is 0. The second-order valence-corrected chi connectivity index (χ2v) is 24.3. The van der Waals surface area contributed by atoms with Crippen LogP contribution in [-0.4, -0.2) is 133 Å². The number of hydrogen-bond donors (Lipinski definition) is 3. The lowest BCUT2D eigenvalue weighted by molar-refractivity contribution is -0.406. The van der Waals surface area contributed by atoms with Crippen LogP contribution in [0.4, 0.5) is 0 Å². The van der Waals surface area contributed by atoms with E-state index in [2.05, 4.69) is 0 Å². The Bertz CT molecular complexity index is 3200. The molecule has 93 heavy (non-hydrogen) atoms. The Morgan fingerprint density at radius 3 is 1.27 bits per heavy atom. The van der Waals surface area contributed by atoms with Gasteiger partial charge in [-0.1, -0.05) is 244 Å². The van der Waals surface area contributed by atoms with Crippen LogP contribution >= 0.6 is 0 Å². The number of carbonyl (C=O) groups is 1. The summed E-state index contributed by atoms with van der Waals surface area (Å²) in [5, 5.41) is 35.5. The number of aliphatic carboxylic acids is 1. The summed E-state index contributed by atoms with van der Waals surface area (Å²) in [6, 6.07) is 68.6. The minimum absolute atomic E-state index is 0.00748. The topological polar surface area (TPSA) is 198 Å². The number of fused-ring (bicyclic) bond motifs is 1. The Morgan fingerprint density at radius 1 is 0.387 bits per heavy atom. The molecule has 1 unspecified atom stereocenters. The third-order valence-electron chi connectivity index (χ3n) is 17.4. The zero-order valence-electron chi connectivity index (χ0n) is 52.5. The molecule has 3 N–H and O–H groups in total. The summed E-state index contributed by atoms with van der Waals surface area (Å²) in [5.41, 5.74) is 6.34. The van der Waals surface area contributed by atoms with Gasteiger partial charge >= 0.3 is 5.97 Å². The van der Waals surface area contributed by atoms with Crippen LogP contribution in [0.3, 0.4) is 0 Å². The van der Waals surface area contributed by atoms with Gasteiger partial charge in [-0.25, -0.2) is 0 Å². The Labute approximate surface area is 545 Å². The molecule has 4 heterocycles. The van der Waals surface area contributed by atoms with Gasteiger partial charge in [0.05, 0.1) is 65.6 Å². The first-order valence-corrected chi connectivity index (χ1v) is 32.8. The molecule has 11 rings (SSSR count). The average molecular weight is 1270 g/mol. The molecule has 4 aliphatic heterocycles. The zero-order chi connectivity index (χ0) is 63.8. The number of ether oxygens (including phenoxy) is 13. The molecule has 0 spiro atoms. The maximum Gasteiger partial charge on any atom is 0.303 e. The fraction of sp³-hybridized carbons (Fsp3) is 0.434. The van der Waals surface area contributed by atoms with Crippen molar-refractivity contribution in [3.63, 3.8) is 0 Å². The molecule has 17 nitrogen and oxygen atoms in total. The highest BCUT2D eigenvalue weighted by molar-refractivity contribution is 5.66. The van der Waals surface area contributed by atoms with E-state index in [0.29, 0.717) is 19.4 Å². The lowest BCUT2D eigenvalue weighted by Crippen LogP contribution is -2.68. The van der Waals surface area contributed by atoms with E-state index in [9.17, 15) is 20.1 Å². The number of carboxylic acid groups (broad SMARTS) is 1. The number of carboxylic acids is 1. The number of aliphatic hydroxyl groups is 2. The van der Waals surface area contributed by atoms with Crippen LogP contribution in [0.5, 0.6) is 0 Å². The maximum absolute atomic E-state index is 13.3. The molecule has 494 valence electrons. The summed E-state index contributed by atoms with van der Waals surface area (Å²) in [7, 11) is 0. The van der Waals surface area contributed by atoms with E-state index < -0.39 is 104 Å². The van der Waals surface area contributed by atoms with Crippen LogP contribution in [0.15, 0.2) is 212 Å². The van der Waals surface area contributed by atoms with Crippen molar-refractivity contribution in [2.24, 2.45) is 0 Å². The molecular weight excluding hydrogens is 1180 g/mol. The first-order chi connectivity index (χ1) is 45.8. The molecule has 0 radical (unpaired) electrons. The molecule has 4 aliphatic rings. The van der Waals surface area contributed by atoms with Crippen LogP contribution in [-0.2, 0) is 106 Å². The second kappa shape index (κ2) is 35.8. The molecule has 0 amide bonds. The first-order valence-electron chi connectivity index (χ1n) is 32.8. The van der Waals surface area contributed by atoms with E-state index >= 15 is 0 Å². The van der Waals surface area contributed by atoms with E-state index in [0.717, 1.165) is 71.0 Å². The van der Waals surface area contributed by atoms with Gasteiger partial charge in [-0.05, 0) is 46.2 Å². The van der Waals surface area contributed by atoms with Gasteiger partial charge in [-0.15, -0.1) is 0 Å².